The summed E-state index contributed by atoms with van der Waals surface area (Å²) in [4.78, 5) is 30.3. The molecule has 0 spiro atoms. The standard InChI is InChI=1S/C27H29N3O2/c1-20-13-14-21(2)24(19-20)28-26(31)25(22-9-5-3-6-10-22)29-15-17-30(18-16-29)27(32)23-11-7-4-8-12-23/h3-14,19,25H,15-18H2,1-2H3,(H,28,31)/t25-/m0/s1. The van der Waals surface area contributed by atoms with Gasteiger partial charge >= 0.3 is 0 Å². The van der Waals surface area contributed by atoms with Crippen LogP contribution in [-0.2, 0) is 4.79 Å². The Balaban J connectivity index is 1.51. The summed E-state index contributed by atoms with van der Waals surface area (Å²) in [6.07, 6.45) is 0. The van der Waals surface area contributed by atoms with Crippen molar-refractivity contribution in [3.63, 3.8) is 0 Å². The van der Waals surface area contributed by atoms with Crippen LogP contribution in [0.15, 0.2) is 78.9 Å². The maximum atomic E-state index is 13.5. The molecule has 0 aliphatic carbocycles. The Morgan fingerprint density at radius 2 is 1.44 bits per heavy atom. The van der Waals surface area contributed by atoms with E-state index >= 15 is 0 Å². The van der Waals surface area contributed by atoms with E-state index in [0.29, 0.717) is 31.7 Å². The number of carbonyl (C=O) groups is 2. The van der Waals surface area contributed by atoms with Crippen LogP contribution >= 0.6 is 0 Å². The summed E-state index contributed by atoms with van der Waals surface area (Å²) < 4.78 is 0. The van der Waals surface area contributed by atoms with E-state index in [4.69, 9.17) is 0 Å². The molecule has 1 heterocycles. The molecule has 3 aromatic rings. The van der Waals surface area contributed by atoms with Gasteiger partial charge in [-0.1, -0.05) is 60.7 Å². The fraction of sp³-hybridized carbons (Fsp3) is 0.259. The molecule has 0 unspecified atom stereocenters. The molecule has 3 aromatic carbocycles. The number of amides is 2. The van der Waals surface area contributed by atoms with Crippen molar-refractivity contribution in [3.05, 3.63) is 101 Å². The van der Waals surface area contributed by atoms with Gasteiger partial charge in [-0.3, -0.25) is 14.5 Å². The van der Waals surface area contributed by atoms with Crippen LogP contribution in [0.2, 0.25) is 0 Å². The number of aryl methyl sites for hydroxylation is 2. The molecule has 0 saturated carbocycles. The topological polar surface area (TPSA) is 52.7 Å². The van der Waals surface area contributed by atoms with Crippen LogP contribution in [0.25, 0.3) is 0 Å². The lowest BCUT2D eigenvalue weighted by Gasteiger charge is -2.39. The third-order valence-electron chi connectivity index (χ3n) is 6.00. The largest absolute Gasteiger partial charge is 0.336 e. The molecule has 32 heavy (non-hydrogen) atoms. The third-order valence-corrected chi connectivity index (χ3v) is 6.00. The zero-order valence-corrected chi connectivity index (χ0v) is 18.6. The van der Waals surface area contributed by atoms with Crippen molar-refractivity contribution < 1.29 is 9.59 Å². The molecule has 0 radical (unpaired) electrons. The van der Waals surface area contributed by atoms with Crippen molar-refractivity contribution in [2.45, 2.75) is 19.9 Å². The monoisotopic (exact) mass is 427 g/mol. The zero-order chi connectivity index (χ0) is 22.5. The van der Waals surface area contributed by atoms with Crippen molar-refractivity contribution in [3.8, 4) is 0 Å². The van der Waals surface area contributed by atoms with Gasteiger partial charge in [-0.05, 0) is 48.7 Å². The molecular weight excluding hydrogens is 398 g/mol. The van der Waals surface area contributed by atoms with Gasteiger partial charge in [0.25, 0.3) is 5.91 Å². The van der Waals surface area contributed by atoms with Crippen LogP contribution in [0, 0.1) is 13.8 Å². The molecule has 5 nitrogen and oxygen atoms in total. The second kappa shape index (κ2) is 9.79. The van der Waals surface area contributed by atoms with Gasteiger partial charge in [0.1, 0.15) is 6.04 Å². The molecular formula is C27H29N3O2. The lowest BCUT2D eigenvalue weighted by Crippen LogP contribution is -2.51. The normalized spacial score (nSPS) is 15.2. The Bertz CT molecular complexity index is 1070. The second-order valence-electron chi connectivity index (χ2n) is 8.32. The Hall–Kier alpha value is -3.44. The van der Waals surface area contributed by atoms with Crippen molar-refractivity contribution in [2.75, 3.05) is 31.5 Å². The number of rotatable bonds is 5. The van der Waals surface area contributed by atoms with E-state index in [2.05, 4.69) is 10.2 Å². The third kappa shape index (κ3) is 4.89. The second-order valence-corrected chi connectivity index (χ2v) is 8.32. The molecule has 4 rings (SSSR count). The van der Waals surface area contributed by atoms with Crippen molar-refractivity contribution in [1.82, 2.24) is 9.80 Å². The number of hydrogen-bond donors (Lipinski definition) is 1. The minimum atomic E-state index is -0.412. The zero-order valence-electron chi connectivity index (χ0n) is 18.6. The summed E-state index contributed by atoms with van der Waals surface area (Å²) >= 11 is 0. The fourth-order valence-electron chi connectivity index (χ4n) is 4.18. The smallest absolute Gasteiger partial charge is 0.253 e. The van der Waals surface area contributed by atoms with Gasteiger partial charge < -0.3 is 10.2 Å². The number of carbonyl (C=O) groups excluding carboxylic acids is 2. The summed E-state index contributed by atoms with van der Waals surface area (Å²) in [5.41, 5.74) is 4.64. The SMILES string of the molecule is Cc1ccc(C)c(NC(=O)[C@H](c2ccccc2)N2CCN(C(=O)c3ccccc3)CC2)c1. The van der Waals surface area contributed by atoms with Crippen molar-refractivity contribution in [1.29, 1.82) is 0 Å². The van der Waals surface area contributed by atoms with Gasteiger partial charge in [0.05, 0.1) is 0 Å². The van der Waals surface area contributed by atoms with Crippen LogP contribution in [0.3, 0.4) is 0 Å². The number of piperazine rings is 1. The molecule has 1 saturated heterocycles. The summed E-state index contributed by atoms with van der Waals surface area (Å²) in [6.45, 7) is 6.48. The fourth-order valence-corrected chi connectivity index (χ4v) is 4.18. The average Bonchev–Trinajstić information content (AvgIpc) is 2.83. The highest BCUT2D eigenvalue weighted by atomic mass is 16.2. The van der Waals surface area contributed by atoms with E-state index in [1.165, 1.54) is 0 Å². The van der Waals surface area contributed by atoms with E-state index in [0.717, 1.165) is 22.4 Å². The number of nitrogens with one attached hydrogen (secondary N) is 1. The molecule has 164 valence electrons. The first-order valence-corrected chi connectivity index (χ1v) is 11.0. The van der Waals surface area contributed by atoms with E-state index < -0.39 is 6.04 Å². The number of anilines is 1. The van der Waals surface area contributed by atoms with Gasteiger partial charge in [0, 0.05) is 37.4 Å². The highest BCUT2D eigenvalue weighted by Crippen LogP contribution is 2.26. The van der Waals surface area contributed by atoms with Gasteiger partial charge in [-0.2, -0.15) is 0 Å². The Morgan fingerprint density at radius 3 is 2.09 bits per heavy atom. The molecule has 1 atom stereocenters. The van der Waals surface area contributed by atoms with Crippen LogP contribution < -0.4 is 5.32 Å². The van der Waals surface area contributed by atoms with Crippen molar-refractivity contribution >= 4 is 17.5 Å². The quantitative estimate of drug-likeness (QED) is 0.655. The van der Waals surface area contributed by atoms with Crippen LogP contribution in [0.5, 0.6) is 0 Å². The van der Waals surface area contributed by atoms with Crippen LogP contribution in [0.4, 0.5) is 5.69 Å². The minimum Gasteiger partial charge on any atom is -0.336 e. The Kier molecular flexibility index (Phi) is 6.66. The van der Waals surface area contributed by atoms with E-state index in [-0.39, 0.29) is 11.8 Å². The number of hydrogen-bond acceptors (Lipinski definition) is 3. The maximum absolute atomic E-state index is 13.5. The minimum absolute atomic E-state index is 0.0429. The van der Waals surface area contributed by atoms with Gasteiger partial charge in [-0.25, -0.2) is 0 Å². The lowest BCUT2D eigenvalue weighted by atomic mass is 10.0. The van der Waals surface area contributed by atoms with Gasteiger partial charge in [0.2, 0.25) is 5.91 Å². The predicted octanol–water partition coefficient (Wildman–Crippen LogP) is 4.44. The average molecular weight is 428 g/mol. The summed E-state index contributed by atoms with van der Waals surface area (Å²) in [5.74, 6) is -0.00548. The first-order chi connectivity index (χ1) is 15.5. The molecule has 1 aliphatic heterocycles. The first kappa shape index (κ1) is 21.8. The lowest BCUT2D eigenvalue weighted by molar-refractivity contribution is -0.122. The highest BCUT2D eigenvalue weighted by Gasteiger charge is 2.32. The van der Waals surface area contributed by atoms with Gasteiger partial charge in [0.15, 0.2) is 0 Å². The molecule has 1 N–H and O–H groups in total. The number of nitrogens with zero attached hydrogens (tertiary/aromatic N) is 2. The molecule has 1 fully saturated rings. The number of benzene rings is 3. The van der Waals surface area contributed by atoms with E-state index in [1.807, 2.05) is 97.6 Å². The van der Waals surface area contributed by atoms with E-state index in [1.54, 1.807) is 0 Å². The van der Waals surface area contributed by atoms with Crippen LogP contribution in [0.1, 0.15) is 33.1 Å². The van der Waals surface area contributed by atoms with Crippen molar-refractivity contribution in [2.24, 2.45) is 0 Å². The Morgan fingerprint density at radius 1 is 0.812 bits per heavy atom. The molecule has 2 amide bonds. The molecule has 0 aromatic heterocycles. The molecule has 0 bridgehead atoms. The molecule has 5 heteroatoms. The highest BCUT2D eigenvalue weighted by molar-refractivity contribution is 5.96. The maximum Gasteiger partial charge on any atom is 0.253 e. The Labute approximate surface area is 189 Å². The summed E-state index contributed by atoms with van der Waals surface area (Å²) in [7, 11) is 0. The summed E-state index contributed by atoms with van der Waals surface area (Å²) in [5, 5.41) is 3.15. The first-order valence-electron chi connectivity index (χ1n) is 11.0. The predicted molar refractivity (Wildman–Crippen MR) is 128 cm³/mol. The summed E-state index contributed by atoms with van der Waals surface area (Å²) in [6, 6.07) is 24.9. The van der Waals surface area contributed by atoms with Gasteiger partial charge in [-0.15, -0.1) is 0 Å². The molecule has 1 aliphatic rings. The van der Waals surface area contributed by atoms with E-state index in [9.17, 15) is 9.59 Å². The van der Waals surface area contributed by atoms with Crippen LogP contribution in [-0.4, -0.2) is 47.8 Å².